The third-order valence-electron chi connectivity index (χ3n) is 3.32. The lowest BCUT2D eigenvalue weighted by Gasteiger charge is -2.13. The van der Waals surface area contributed by atoms with Crippen molar-refractivity contribution in [1.29, 1.82) is 0 Å². The highest BCUT2D eigenvalue weighted by Gasteiger charge is 2.01. The van der Waals surface area contributed by atoms with Gasteiger partial charge in [0.15, 0.2) is 5.11 Å². The van der Waals surface area contributed by atoms with Gasteiger partial charge in [-0.1, -0.05) is 29.8 Å². The van der Waals surface area contributed by atoms with Crippen molar-refractivity contribution in [3.05, 3.63) is 59.2 Å². The van der Waals surface area contributed by atoms with Crippen LogP contribution in [0.3, 0.4) is 0 Å². The Labute approximate surface area is 137 Å². The number of thiocarbonyl (C=S) groups is 1. The molecule has 0 atom stereocenters. The molecule has 116 valence electrons. The van der Waals surface area contributed by atoms with Gasteiger partial charge in [0.2, 0.25) is 0 Å². The SMILES string of the molecule is Cc1ccc(OCCNC(=S)Nc2cc(C)ccc2C)cc1. The second-order valence-corrected chi connectivity index (χ2v) is 5.77. The van der Waals surface area contributed by atoms with Gasteiger partial charge in [-0.2, -0.15) is 0 Å². The first-order chi connectivity index (χ1) is 10.5. The van der Waals surface area contributed by atoms with Crippen molar-refractivity contribution < 1.29 is 4.74 Å². The molecule has 0 aliphatic heterocycles. The van der Waals surface area contributed by atoms with Gasteiger partial charge < -0.3 is 15.4 Å². The van der Waals surface area contributed by atoms with Gasteiger partial charge in [0.1, 0.15) is 12.4 Å². The van der Waals surface area contributed by atoms with Gasteiger partial charge in [0.25, 0.3) is 0 Å². The van der Waals surface area contributed by atoms with Crippen LogP contribution in [0.2, 0.25) is 0 Å². The smallest absolute Gasteiger partial charge is 0.170 e. The molecule has 2 N–H and O–H groups in total. The predicted molar refractivity (Wildman–Crippen MR) is 96.8 cm³/mol. The maximum Gasteiger partial charge on any atom is 0.170 e. The first-order valence-corrected chi connectivity index (χ1v) is 7.77. The Morgan fingerprint density at radius 1 is 1.00 bits per heavy atom. The van der Waals surface area contributed by atoms with Crippen LogP contribution in [0.1, 0.15) is 16.7 Å². The van der Waals surface area contributed by atoms with Gasteiger partial charge in [-0.3, -0.25) is 0 Å². The molecule has 4 heteroatoms. The summed E-state index contributed by atoms with van der Waals surface area (Å²) in [4.78, 5) is 0. The van der Waals surface area contributed by atoms with Crippen LogP contribution in [0.4, 0.5) is 5.69 Å². The van der Waals surface area contributed by atoms with E-state index >= 15 is 0 Å². The molecule has 0 radical (unpaired) electrons. The van der Waals surface area contributed by atoms with Crippen LogP contribution in [-0.2, 0) is 0 Å². The van der Waals surface area contributed by atoms with Crippen LogP contribution >= 0.6 is 12.2 Å². The largest absolute Gasteiger partial charge is 0.492 e. The molecule has 2 aromatic rings. The van der Waals surface area contributed by atoms with Crippen molar-refractivity contribution >= 4 is 23.0 Å². The summed E-state index contributed by atoms with van der Waals surface area (Å²) in [7, 11) is 0. The molecule has 3 nitrogen and oxygen atoms in total. The van der Waals surface area contributed by atoms with Crippen molar-refractivity contribution in [1.82, 2.24) is 5.32 Å². The summed E-state index contributed by atoms with van der Waals surface area (Å²) < 4.78 is 5.65. The van der Waals surface area contributed by atoms with Crippen LogP contribution in [0, 0.1) is 20.8 Å². The number of ether oxygens (including phenoxy) is 1. The number of anilines is 1. The van der Waals surface area contributed by atoms with E-state index in [4.69, 9.17) is 17.0 Å². The second kappa shape index (κ2) is 7.80. The standard InChI is InChI=1S/C18H22N2OS/c1-13-5-8-16(9-6-13)21-11-10-19-18(22)20-17-12-14(2)4-7-15(17)3/h4-9,12H,10-11H2,1-3H3,(H2,19,20,22). The van der Waals surface area contributed by atoms with Crippen molar-refractivity contribution in [2.45, 2.75) is 20.8 Å². The lowest BCUT2D eigenvalue weighted by molar-refractivity contribution is 0.322. The Morgan fingerprint density at radius 3 is 2.41 bits per heavy atom. The normalized spacial score (nSPS) is 10.1. The summed E-state index contributed by atoms with van der Waals surface area (Å²) in [5.41, 5.74) is 4.64. The molecule has 0 fully saturated rings. The first-order valence-electron chi connectivity index (χ1n) is 7.36. The summed E-state index contributed by atoms with van der Waals surface area (Å²) in [5.74, 6) is 0.876. The monoisotopic (exact) mass is 314 g/mol. The minimum atomic E-state index is 0.567. The molecular formula is C18H22N2OS. The van der Waals surface area contributed by atoms with Gasteiger partial charge in [-0.25, -0.2) is 0 Å². The lowest BCUT2D eigenvalue weighted by atomic mass is 10.1. The Balaban J connectivity index is 1.74. The summed E-state index contributed by atoms with van der Waals surface area (Å²) in [6.45, 7) is 7.41. The highest BCUT2D eigenvalue weighted by molar-refractivity contribution is 7.80. The van der Waals surface area contributed by atoms with Gasteiger partial charge in [-0.05, 0) is 62.3 Å². The summed E-state index contributed by atoms with van der Waals surface area (Å²) in [6.07, 6.45) is 0. The fourth-order valence-corrected chi connectivity index (χ4v) is 2.22. The molecule has 2 rings (SSSR count). The Kier molecular flexibility index (Phi) is 5.78. The number of rotatable bonds is 5. The third kappa shape index (κ3) is 5.04. The zero-order valence-corrected chi connectivity index (χ0v) is 14.1. The average Bonchev–Trinajstić information content (AvgIpc) is 2.49. The second-order valence-electron chi connectivity index (χ2n) is 5.36. The van der Waals surface area contributed by atoms with E-state index in [9.17, 15) is 0 Å². The van der Waals surface area contributed by atoms with Crippen LogP contribution in [-0.4, -0.2) is 18.3 Å². The van der Waals surface area contributed by atoms with E-state index in [2.05, 4.69) is 49.6 Å². The molecule has 0 aliphatic carbocycles. The van der Waals surface area contributed by atoms with Gasteiger partial charge in [0, 0.05) is 5.69 Å². The van der Waals surface area contributed by atoms with Crippen molar-refractivity contribution in [3.63, 3.8) is 0 Å². The third-order valence-corrected chi connectivity index (χ3v) is 3.57. The summed E-state index contributed by atoms with van der Waals surface area (Å²) >= 11 is 5.31. The van der Waals surface area contributed by atoms with E-state index in [-0.39, 0.29) is 0 Å². The maximum absolute atomic E-state index is 5.65. The molecule has 0 bridgehead atoms. The van der Waals surface area contributed by atoms with E-state index in [0.717, 1.165) is 11.4 Å². The number of hydrogen-bond acceptors (Lipinski definition) is 2. The van der Waals surface area contributed by atoms with Crippen LogP contribution in [0.15, 0.2) is 42.5 Å². The van der Waals surface area contributed by atoms with Gasteiger partial charge in [-0.15, -0.1) is 0 Å². The van der Waals surface area contributed by atoms with Crippen molar-refractivity contribution in [2.75, 3.05) is 18.5 Å². The highest BCUT2D eigenvalue weighted by Crippen LogP contribution is 2.16. The van der Waals surface area contributed by atoms with E-state index in [0.29, 0.717) is 18.3 Å². The molecular weight excluding hydrogens is 292 g/mol. The Morgan fingerprint density at radius 2 is 1.68 bits per heavy atom. The molecule has 0 amide bonds. The zero-order chi connectivity index (χ0) is 15.9. The zero-order valence-electron chi connectivity index (χ0n) is 13.3. The minimum absolute atomic E-state index is 0.567. The van der Waals surface area contributed by atoms with Crippen LogP contribution in [0.25, 0.3) is 0 Å². The van der Waals surface area contributed by atoms with Crippen LogP contribution < -0.4 is 15.4 Å². The quantitative estimate of drug-likeness (QED) is 0.646. The highest BCUT2D eigenvalue weighted by atomic mass is 32.1. The van der Waals surface area contributed by atoms with E-state index in [1.807, 2.05) is 24.3 Å². The fourth-order valence-electron chi connectivity index (χ4n) is 2.00. The number of nitrogens with one attached hydrogen (secondary N) is 2. The molecule has 0 spiro atoms. The number of aryl methyl sites for hydroxylation is 3. The molecule has 0 heterocycles. The maximum atomic E-state index is 5.65. The molecule has 0 unspecified atom stereocenters. The van der Waals surface area contributed by atoms with E-state index in [1.54, 1.807) is 0 Å². The van der Waals surface area contributed by atoms with Crippen LogP contribution in [0.5, 0.6) is 5.75 Å². The molecule has 22 heavy (non-hydrogen) atoms. The van der Waals surface area contributed by atoms with Gasteiger partial charge in [0.05, 0.1) is 6.54 Å². The summed E-state index contributed by atoms with van der Waals surface area (Å²) in [5, 5.41) is 6.99. The molecule has 2 aromatic carbocycles. The number of hydrogen-bond donors (Lipinski definition) is 2. The van der Waals surface area contributed by atoms with E-state index < -0.39 is 0 Å². The molecule has 0 saturated heterocycles. The fraction of sp³-hybridized carbons (Fsp3) is 0.278. The Bertz CT molecular complexity index is 638. The minimum Gasteiger partial charge on any atom is -0.492 e. The molecule has 0 saturated carbocycles. The topological polar surface area (TPSA) is 33.3 Å². The average molecular weight is 314 g/mol. The van der Waals surface area contributed by atoms with Crippen molar-refractivity contribution in [2.24, 2.45) is 0 Å². The number of benzene rings is 2. The summed E-state index contributed by atoms with van der Waals surface area (Å²) in [6, 6.07) is 14.3. The molecule has 0 aromatic heterocycles. The van der Waals surface area contributed by atoms with Gasteiger partial charge >= 0.3 is 0 Å². The predicted octanol–water partition coefficient (Wildman–Crippen LogP) is 3.98. The van der Waals surface area contributed by atoms with E-state index in [1.165, 1.54) is 16.7 Å². The first kappa shape index (κ1) is 16.3. The lowest BCUT2D eigenvalue weighted by Crippen LogP contribution is -2.32. The molecule has 0 aliphatic rings. The Hall–Kier alpha value is -2.07. The van der Waals surface area contributed by atoms with Crippen molar-refractivity contribution in [3.8, 4) is 5.75 Å².